The monoisotopic (exact) mass is 353 g/mol. The van der Waals surface area contributed by atoms with Crippen LogP contribution >= 0.6 is 11.6 Å². The van der Waals surface area contributed by atoms with Gasteiger partial charge in [0.15, 0.2) is 0 Å². The van der Waals surface area contributed by atoms with Gasteiger partial charge in [-0.1, -0.05) is 54.1 Å². The molecule has 0 fully saturated rings. The van der Waals surface area contributed by atoms with Crippen LogP contribution in [-0.2, 0) is 0 Å². The van der Waals surface area contributed by atoms with Gasteiger partial charge in [0.1, 0.15) is 6.61 Å². The van der Waals surface area contributed by atoms with Crippen molar-refractivity contribution in [3.8, 4) is 17.1 Å². The molecule has 6 heteroatoms. The summed E-state index contributed by atoms with van der Waals surface area (Å²) in [6.07, 6.45) is 0. The van der Waals surface area contributed by atoms with Gasteiger partial charge in [0.2, 0.25) is 5.88 Å². The smallest absolute Gasteiger partial charge is 0.252 e. The summed E-state index contributed by atoms with van der Waals surface area (Å²) >= 11 is 5.98. The first kappa shape index (κ1) is 16.9. The van der Waals surface area contributed by atoms with E-state index in [4.69, 9.17) is 16.3 Å². The number of halogens is 1. The summed E-state index contributed by atoms with van der Waals surface area (Å²) in [7, 11) is 0. The highest BCUT2D eigenvalue weighted by Crippen LogP contribution is 2.17. The predicted molar refractivity (Wildman–Crippen MR) is 96.7 cm³/mol. The van der Waals surface area contributed by atoms with E-state index >= 15 is 0 Å². The zero-order valence-electron chi connectivity index (χ0n) is 13.4. The first-order valence-electron chi connectivity index (χ1n) is 7.79. The summed E-state index contributed by atoms with van der Waals surface area (Å²) in [5, 5.41) is 11.4. The number of rotatable bonds is 6. The fraction of sp³-hybridized carbons (Fsp3) is 0.105. The molecule has 1 N–H and O–H groups in total. The van der Waals surface area contributed by atoms with Gasteiger partial charge in [-0.3, -0.25) is 4.79 Å². The van der Waals surface area contributed by atoms with E-state index in [1.54, 1.807) is 30.3 Å². The number of hydrogen-bond acceptors (Lipinski definition) is 4. The van der Waals surface area contributed by atoms with Crippen molar-refractivity contribution in [2.75, 3.05) is 13.2 Å². The third-order valence-electron chi connectivity index (χ3n) is 3.47. The zero-order valence-corrected chi connectivity index (χ0v) is 14.1. The molecule has 25 heavy (non-hydrogen) atoms. The van der Waals surface area contributed by atoms with Gasteiger partial charge < -0.3 is 10.1 Å². The minimum Gasteiger partial charge on any atom is -0.475 e. The van der Waals surface area contributed by atoms with E-state index in [1.165, 1.54) is 0 Å². The summed E-state index contributed by atoms with van der Waals surface area (Å²) < 4.78 is 5.49. The quantitative estimate of drug-likeness (QED) is 0.688. The molecule has 0 saturated heterocycles. The Bertz CT molecular complexity index is 839. The molecular formula is C19H16ClN3O2. The lowest BCUT2D eigenvalue weighted by atomic mass is 10.1. The van der Waals surface area contributed by atoms with E-state index in [1.807, 2.05) is 36.4 Å². The van der Waals surface area contributed by atoms with Gasteiger partial charge >= 0.3 is 0 Å². The summed E-state index contributed by atoms with van der Waals surface area (Å²) in [6.45, 7) is 0.627. The Hall–Kier alpha value is -2.92. The fourth-order valence-corrected chi connectivity index (χ4v) is 2.44. The molecule has 0 bridgehead atoms. The Labute approximate surface area is 150 Å². The molecule has 0 spiro atoms. The van der Waals surface area contributed by atoms with Crippen LogP contribution in [0.2, 0.25) is 5.02 Å². The second-order valence-electron chi connectivity index (χ2n) is 5.21. The number of benzene rings is 2. The van der Waals surface area contributed by atoms with E-state index in [-0.39, 0.29) is 12.5 Å². The highest BCUT2D eigenvalue weighted by atomic mass is 35.5. The largest absolute Gasteiger partial charge is 0.475 e. The maximum atomic E-state index is 12.0. The number of aromatic nitrogens is 2. The van der Waals surface area contributed by atoms with E-state index < -0.39 is 0 Å². The van der Waals surface area contributed by atoms with E-state index in [0.717, 1.165) is 11.3 Å². The molecule has 1 aromatic heterocycles. The lowest BCUT2D eigenvalue weighted by Crippen LogP contribution is -2.28. The van der Waals surface area contributed by atoms with Crippen LogP contribution in [0, 0.1) is 0 Å². The van der Waals surface area contributed by atoms with E-state index in [9.17, 15) is 4.79 Å². The zero-order chi connectivity index (χ0) is 17.5. The van der Waals surface area contributed by atoms with Crippen molar-refractivity contribution in [1.82, 2.24) is 15.5 Å². The normalized spacial score (nSPS) is 10.3. The number of carbonyl (C=O) groups excluding carboxylic acids is 1. The molecule has 3 rings (SSSR count). The summed E-state index contributed by atoms with van der Waals surface area (Å²) in [6, 6.07) is 20.3. The van der Waals surface area contributed by atoms with Crippen molar-refractivity contribution in [2.45, 2.75) is 0 Å². The van der Waals surface area contributed by atoms with Crippen LogP contribution < -0.4 is 10.1 Å². The fourth-order valence-electron chi connectivity index (χ4n) is 2.22. The van der Waals surface area contributed by atoms with Gasteiger partial charge in [-0.05, 0) is 18.2 Å². The van der Waals surface area contributed by atoms with Crippen molar-refractivity contribution >= 4 is 17.5 Å². The molecule has 0 aliphatic rings. The van der Waals surface area contributed by atoms with Crippen molar-refractivity contribution in [1.29, 1.82) is 0 Å². The Morgan fingerprint density at radius 1 is 0.960 bits per heavy atom. The number of nitrogens with one attached hydrogen (secondary N) is 1. The minimum atomic E-state index is -0.236. The van der Waals surface area contributed by atoms with Crippen LogP contribution in [0.4, 0.5) is 0 Å². The highest BCUT2D eigenvalue weighted by molar-refractivity contribution is 6.33. The molecule has 2 aromatic carbocycles. The topological polar surface area (TPSA) is 64.1 Å². The molecule has 0 aliphatic heterocycles. The number of carbonyl (C=O) groups is 1. The van der Waals surface area contributed by atoms with Gasteiger partial charge in [-0.15, -0.1) is 10.2 Å². The van der Waals surface area contributed by atoms with Gasteiger partial charge in [-0.25, -0.2) is 0 Å². The summed E-state index contributed by atoms with van der Waals surface area (Å²) in [5.74, 6) is 0.173. The number of amides is 1. The molecule has 1 amide bonds. The van der Waals surface area contributed by atoms with Crippen LogP contribution in [-0.4, -0.2) is 29.3 Å². The molecule has 0 atom stereocenters. The average Bonchev–Trinajstić information content (AvgIpc) is 2.66. The second-order valence-corrected chi connectivity index (χ2v) is 5.61. The first-order chi connectivity index (χ1) is 12.2. The van der Waals surface area contributed by atoms with Crippen molar-refractivity contribution in [3.05, 3.63) is 77.3 Å². The van der Waals surface area contributed by atoms with Gasteiger partial charge in [0, 0.05) is 11.6 Å². The molecule has 5 nitrogen and oxygen atoms in total. The minimum absolute atomic E-state index is 0.236. The molecule has 0 saturated carbocycles. The van der Waals surface area contributed by atoms with Crippen LogP contribution in [0.1, 0.15) is 10.4 Å². The Kier molecular flexibility index (Phi) is 5.59. The highest BCUT2D eigenvalue weighted by Gasteiger charge is 2.08. The molecule has 1 heterocycles. The average molecular weight is 354 g/mol. The number of hydrogen-bond donors (Lipinski definition) is 1. The first-order valence-corrected chi connectivity index (χ1v) is 8.16. The maximum Gasteiger partial charge on any atom is 0.252 e. The maximum absolute atomic E-state index is 12.0. The lowest BCUT2D eigenvalue weighted by Gasteiger charge is -2.08. The van der Waals surface area contributed by atoms with Gasteiger partial charge in [-0.2, -0.15) is 0 Å². The summed E-state index contributed by atoms with van der Waals surface area (Å²) in [4.78, 5) is 12.0. The molecule has 126 valence electrons. The van der Waals surface area contributed by atoms with Crippen molar-refractivity contribution in [2.24, 2.45) is 0 Å². The Balaban J connectivity index is 1.48. The SMILES string of the molecule is O=C(NCCOc1ccc(-c2ccccc2)nn1)c1ccccc1Cl. The van der Waals surface area contributed by atoms with Crippen LogP contribution in [0.3, 0.4) is 0 Å². The molecule has 0 unspecified atom stereocenters. The Morgan fingerprint density at radius 2 is 1.72 bits per heavy atom. The number of nitrogens with zero attached hydrogens (tertiary/aromatic N) is 2. The number of ether oxygens (including phenoxy) is 1. The summed E-state index contributed by atoms with van der Waals surface area (Å²) in [5.41, 5.74) is 2.21. The van der Waals surface area contributed by atoms with Crippen LogP contribution in [0.5, 0.6) is 5.88 Å². The third-order valence-corrected chi connectivity index (χ3v) is 3.80. The van der Waals surface area contributed by atoms with Crippen molar-refractivity contribution < 1.29 is 9.53 Å². The second kappa shape index (κ2) is 8.26. The molecule has 3 aromatic rings. The van der Waals surface area contributed by atoms with Gasteiger partial charge in [0.05, 0.1) is 22.8 Å². The van der Waals surface area contributed by atoms with Gasteiger partial charge in [0.25, 0.3) is 5.91 Å². The van der Waals surface area contributed by atoms with Crippen LogP contribution in [0.25, 0.3) is 11.3 Å². The Morgan fingerprint density at radius 3 is 2.44 bits per heavy atom. The van der Waals surface area contributed by atoms with Crippen LogP contribution in [0.15, 0.2) is 66.7 Å². The lowest BCUT2D eigenvalue weighted by molar-refractivity contribution is 0.0946. The van der Waals surface area contributed by atoms with Crippen molar-refractivity contribution in [3.63, 3.8) is 0 Å². The van der Waals surface area contributed by atoms with E-state index in [0.29, 0.717) is 23.0 Å². The standard InChI is InChI=1S/C19H16ClN3O2/c20-16-9-5-4-8-15(16)19(24)21-12-13-25-18-11-10-17(22-23-18)14-6-2-1-3-7-14/h1-11H,12-13H2,(H,21,24). The molecule has 0 aliphatic carbocycles. The predicted octanol–water partition coefficient (Wildman–Crippen LogP) is 3.61. The third kappa shape index (κ3) is 4.55. The molecule has 0 radical (unpaired) electrons. The molecular weight excluding hydrogens is 338 g/mol. The van der Waals surface area contributed by atoms with E-state index in [2.05, 4.69) is 15.5 Å².